The lowest BCUT2D eigenvalue weighted by Gasteiger charge is -2.09. The molecule has 3 N–H and O–H groups in total. The average Bonchev–Trinajstić information content (AvgIpc) is 2.98. The summed E-state index contributed by atoms with van der Waals surface area (Å²) in [4.78, 5) is 16.7. The number of benzene rings is 2. The van der Waals surface area contributed by atoms with Crippen LogP contribution < -0.4 is 11.1 Å². The number of nitrogen functional groups attached to an aromatic ring is 1. The van der Waals surface area contributed by atoms with E-state index in [9.17, 15) is 4.79 Å². The van der Waals surface area contributed by atoms with Crippen molar-refractivity contribution in [2.75, 3.05) is 11.1 Å². The van der Waals surface area contributed by atoms with Crippen LogP contribution in [0.1, 0.15) is 29.8 Å². The minimum atomic E-state index is 0. The number of carbonyl (C=O) groups is 1. The van der Waals surface area contributed by atoms with E-state index in [1.807, 2.05) is 37.3 Å². The Morgan fingerprint density at radius 2 is 1.92 bits per heavy atom. The van der Waals surface area contributed by atoms with Crippen molar-refractivity contribution in [2.24, 2.45) is 0 Å². The fourth-order valence-electron chi connectivity index (χ4n) is 2.58. The molecule has 140 valence electrons. The van der Waals surface area contributed by atoms with Crippen LogP contribution >= 0.6 is 36.2 Å². The summed E-state index contributed by atoms with van der Waals surface area (Å²) >= 11 is 1.74. The van der Waals surface area contributed by atoms with Crippen LogP contribution in [-0.2, 0) is 11.2 Å². The Kier molecular flexibility index (Phi) is 8.85. The molecule has 0 fully saturated rings. The molecule has 0 radical (unpaired) electrons. The molecule has 3 rings (SSSR count). The lowest BCUT2D eigenvalue weighted by molar-refractivity contribution is -0.116. The number of amides is 1. The maximum Gasteiger partial charge on any atom is 0.224 e. The number of nitrogens with two attached hydrogens (primary N) is 1. The van der Waals surface area contributed by atoms with E-state index in [2.05, 4.69) is 16.4 Å². The van der Waals surface area contributed by atoms with Crippen molar-refractivity contribution >= 4 is 63.6 Å². The van der Waals surface area contributed by atoms with Gasteiger partial charge in [0.2, 0.25) is 5.91 Å². The number of aryl methyl sites for hydroxylation is 2. The number of unbranched alkanes of at least 4 members (excludes halogenated alkanes) is 1. The fourth-order valence-corrected chi connectivity index (χ4v) is 3.58. The van der Waals surface area contributed by atoms with E-state index < -0.39 is 0 Å². The molecule has 2 aromatic carbocycles. The third-order valence-corrected chi connectivity index (χ3v) is 5.01. The third kappa shape index (κ3) is 5.87. The Hall–Kier alpha value is -1.82. The van der Waals surface area contributed by atoms with Crippen molar-refractivity contribution in [3.63, 3.8) is 0 Å². The smallest absolute Gasteiger partial charge is 0.224 e. The van der Waals surface area contributed by atoms with Gasteiger partial charge in [-0.25, -0.2) is 4.98 Å². The lowest BCUT2D eigenvalue weighted by Crippen LogP contribution is -2.12. The van der Waals surface area contributed by atoms with E-state index in [0.29, 0.717) is 12.1 Å². The lowest BCUT2D eigenvalue weighted by atomic mass is 10.1. The molecule has 1 aromatic heterocycles. The molecule has 0 aliphatic carbocycles. The summed E-state index contributed by atoms with van der Waals surface area (Å²) in [5, 5.41) is 4.08. The second-order valence-corrected chi connectivity index (χ2v) is 7.02. The van der Waals surface area contributed by atoms with Crippen molar-refractivity contribution in [3.8, 4) is 0 Å². The molecule has 0 saturated carbocycles. The van der Waals surface area contributed by atoms with Gasteiger partial charge >= 0.3 is 0 Å². The Morgan fingerprint density at radius 3 is 2.69 bits per heavy atom. The van der Waals surface area contributed by atoms with Gasteiger partial charge in [0, 0.05) is 17.8 Å². The van der Waals surface area contributed by atoms with Crippen LogP contribution in [0.3, 0.4) is 0 Å². The summed E-state index contributed by atoms with van der Waals surface area (Å²) in [7, 11) is 0. The van der Waals surface area contributed by atoms with Crippen molar-refractivity contribution in [1.29, 1.82) is 0 Å². The molecule has 3 aromatic rings. The van der Waals surface area contributed by atoms with E-state index >= 15 is 0 Å². The number of hydrogen-bond donors (Lipinski definition) is 2. The molecule has 0 aliphatic heterocycles. The third-order valence-electron chi connectivity index (χ3n) is 3.92. The standard InChI is InChI=1S/C19H21N3OS.2ClH/c1-13-10-11-14(20)12-16(13)21-18(23)8-4-5-9-19-22-15-6-2-3-7-17(15)24-19;;/h2-3,6-7,10-12H,4-5,8-9,20H2,1H3,(H,21,23);2*1H. The number of para-hydroxylation sites is 1. The zero-order chi connectivity index (χ0) is 16.9. The average molecular weight is 412 g/mol. The summed E-state index contributed by atoms with van der Waals surface area (Å²) in [6, 6.07) is 13.7. The van der Waals surface area contributed by atoms with E-state index in [1.54, 1.807) is 17.4 Å². The Bertz CT molecular complexity index is 834. The number of halogens is 2. The zero-order valence-corrected chi connectivity index (χ0v) is 17.0. The normalized spacial score (nSPS) is 10.0. The SMILES string of the molecule is Cc1ccc(N)cc1NC(=O)CCCCc1nc2ccccc2s1.Cl.Cl. The van der Waals surface area contributed by atoms with Crippen LogP contribution in [0.4, 0.5) is 11.4 Å². The van der Waals surface area contributed by atoms with E-state index in [-0.39, 0.29) is 30.7 Å². The molecule has 26 heavy (non-hydrogen) atoms. The molecule has 0 aliphatic rings. The van der Waals surface area contributed by atoms with Crippen molar-refractivity contribution in [2.45, 2.75) is 32.6 Å². The van der Waals surface area contributed by atoms with Crippen LogP contribution in [0.2, 0.25) is 0 Å². The molecule has 0 spiro atoms. The maximum atomic E-state index is 12.1. The molecular formula is C19H23Cl2N3OS. The fraction of sp³-hybridized carbons (Fsp3) is 0.263. The van der Waals surface area contributed by atoms with E-state index in [4.69, 9.17) is 5.73 Å². The minimum absolute atomic E-state index is 0. The highest BCUT2D eigenvalue weighted by Gasteiger charge is 2.07. The van der Waals surface area contributed by atoms with Crippen molar-refractivity contribution < 1.29 is 4.79 Å². The first-order chi connectivity index (χ1) is 11.6. The Morgan fingerprint density at radius 1 is 1.15 bits per heavy atom. The quantitative estimate of drug-likeness (QED) is 0.422. The number of carbonyl (C=O) groups excluding carboxylic acids is 1. The number of rotatable bonds is 6. The second-order valence-electron chi connectivity index (χ2n) is 5.90. The summed E-state index contributed by atoms with van der Waals surface area (Å²) in [5.74, 6) is 0.0352. The number of thiazole rings is 1. The molecule has 7 heteroatoms. The second kappa shape index (κ2) is 10.4. The predicted molar refractivity (Wildman–Crippen MR) is 116 cm³/mol. The number of fused-ring (bicyclic) bond motifs is 1. The Labute approximate surface area is 170 Å². The van der Waals surface area contributed by atoms with Crippen LogP contribution in [0.15, 0.2) is 42.5 Å². The highest BCUT2D eigenvalue weighted by molar-refractivity contribution is 7.18. The van der Waals surface area contributed by atoms with Crippen molar-refractivity contribution in [1.82, 2.24) is 4.98 Å². The van der Waals surface area contributed by atoms with Crippen LogP contribution in [-0.4, -0.2) is 10.9 Å². The molecule has 0 bridgehead atoms. The van der Waals surface area contributed by atoms with Gasteiger partial charge in [0.05, 0.1) is 15.2 Å². The van der Waals surface area contributed by atoms with Crippen molar-refractivity contribution in [3.05, 3.63) is 53.0 Å². The molecule has 1 heterocycles. The van der Waals surface area contributed by atoms with Gasteiger partial charge in [0.15, 0.2) is 0 Å². The molecule has 1 amide bonds. The first-order valence-electron chi connectivity index (χ1n) is 8.12. The zero-order valence-electron chi connectivity index (χ0n) is 14.5. The predicted octanol–water partition coefficient (Wildman–Crippen LogP) is 5.38. The monoisotopic (exact) mass is 411 g/mol. The number of nitrogens with one attached hydrogen (secondary N) is 1. The highest BCUT2D eigenvalue weighted by atomic mass is 35.5. The van der Waals surface area contributed by atoms with E-state index in [0.717, 1.165) is 41.0 Å². The van der Waals surface area contributed by atoms with Gasteiger partial charge in [-0.15, -0.1) is 36.2 Å². The first-order valence-corrected chi connectivity index (χ1v) is 8.94. The topological polar surface area (TPSA) is 68.0 Å². The number of nitrogens with zero attached hydrogens (tertiary/aromatic N) is 1. The van der Waals surface area contributed by atoms with Gasteiger partial charge in [0.25, 0.3) is 0 Å². The number of aromatic nitrogens is 1. The summed E-state index contributed by atoms with van der Waals surface area (Å²) < 4.78 is 1.22. The largest absolute Gasteiger partial charge is 0.399 e. The van der Waals surface area contributed by atoms with Crippen LogP contribution in [0, 0.1) is 6.92 Å². The summed E-state index contributed by atoms with van der Waals surface area (Å²) in [5.41, 5.74) is 9.30. The Balaban J connectivity index is 0.00000169. The van der Waals surface area contributed by atoms with Crippen LogP contribution in [0.25, 0.3) is 10.2 Å². The molecule has 0 saturated heterocycles. The molecule has 0 unspecified atom stereocenters. The van der Waals surface area contributed by atoms with Gasteiger partial charge in [-0.1, -0.05) is 18.2 Å². The van der Waals surface area contributed by atoms with Gasteiger partial charge in [-0.2, -0.15) is 0 Å². The maximum absolute atomic E-state index is 12.1. The number of hydrogen-bond acceptors (Lipinski definition) is 4. The molecular weight excluding hydrogens is 389 g/mol. The van der Waals surface area contributed by atoms with Gasteiger partial charge < -0.3 is 11.1 Å². The minimum Gasteiger partial charge on any atom is -0.399 e. The highest BCUT2D eigenvalue weighted by Crippen LogP contribution is 2.23. The van der Waals surface area contributed by atoms with Crippen LogP contribution in [0.5, 0.6) is 0 Å². The van der Waals surface area contributed by atoms with Gasteiger partial charge in [-0.3, -0.25) is 4.79 Å². The summed E-state index contributed by atoms with van der Waals surface area (Å²) in [6.45, 7) is 1.96. The summed E-state index contributed by atoms with van der Waals surface area (Å²) in [6.07, 6.45) is 3.25. The molecule has 4 nitrogen and oxygen atoms in total. The molecule has 0 atom stereocenters. The van der Waals surface area contributed by atoms with Gasteiger partial charge in [0.1, 0.15) is 0 Å². The van der Waals surface area contributed by atoms with E-state index in [1.165, 1.54) is 4.70 Å². The number of anilines is 2. The van der Waals surface area contributed by atoms with Gasteiger partial charge in [-0.05, 0) is 56.0 Å². The first kappa shape index (κ1) is 22.2.